The van der Waals surface area contributed by atoms with Crippen molar-refractivity contribution in [3.63, 3.8) is 0 Å². The predicted octanol–water partition coefficient (Wildman–Crippen LogP) is 3.06. The number of rotatable bonds is 5. The minimum Gasteiger partial charge on any atom is -0.467 e. The highest BCUT2D eigenvalue weighted by atomic mass is 19.1. The normalized spacial score (nSPS) is 18.3. The van der Waals surface area contributed by atoms with Gasteiger partial charge in [-0.05, 0) is 31.0 Å². The number of hydrogen-bond acceptors (Lipinski definition) is 5. The van der Waals surface area contributed by atoms with Crippen molar-refractivity contribution in [3.05, 3.63) is 63.9 Å². The maximum atomic E-state index is 14.1. The molecule has 2 aromatic rings. The number of nitro groups is 1. The zero-order valence-electron chi connectivity index (χ0n) is 13.3. The molecule has 1 N–H and O–H groups in total. The van der Waals surface area contributed by atoms with Crippen LogP contribution in [0, 0.1) is 15.9 Å². The molecular formula is C17H17FN2O5. The van der Waals surface area contributed by atoms with Crippen molar-refractivity contribution >= 4 is 11.6 Å². The lowest BCUT2D eigenvalue weighted by Gasteiger charge is -2.26. The fourth-order valence-electron chi connectivity index (χ4n) is 3.15. The van der Waals surface area contributed by atoms with Gasteiger partial charge in [0.2, 0.25) is 0 Å². The van der Waals surface area contributed by atoms with Gasteiger partial charge < -0.3 is 14.4 Å². The first-order chi connectivity index (χ1) is 12.0. The van der Waals surface area contributed by atoms with E-state index in [-0.39, 0.29) is 18.0 Å². The number of nitrogens with zero attached hydrogens (tertiary/aromatic N) is 2. The Morgan fingerprint density at radius 3 is 2.92 bits per heavy atom. The summed E-state index contributed by atoms with van der Waals surface area (Å²) in [5.41, 5.74) is -0.606. The van der Waals surface area contributed by atoms with Crippen molar-refractivity contribution in [2.24, 2.45) is 0 Å². The molecule has 0 saturated carbocycles. The molecule has 132 valence electrons. The Bertz CT molecular complexity index is 777. The number of halogens is 1. The van der Waals surface area contributed by atoms with Crippen molar-refractivity contribution in [2.45, 2.75) is 31.4 Å². The highest BCUT2D eigenvalue weighted by Crippen LogP contribution is 2.29. The van der Waals surface area contributed by atoms with E-state index in [0.29, 0.717) is 18.7 Å². The maximum absolute atomic E-state index is 14.1. The third-order valence-electron chi connectivity index (χ3n) is 4.40. The molecule has 1 fully saturated rings. The second-order valence-electron chi connectivity index (χ2n) is 5.98. The van der Waals surface area contributed by atoms with E-state index in [1.54, 1.807) is 12.1 Å². The van der Waals surface area contributed by atoms with Gasteiger partial charge in [-0.2, -0.15) is 0 Å². The van der Waals surface area contributed by atoms with Crippen molar-refractivity contribution in [3.8, 4) is 0 Å². The van der Waals surface area contributed by atoms with E-state index >= 15 is 0 Å². The van der Waals surface area contributed by atoms with Gasteiger partial charge in [-0.25, -0.2) is 4.39 Å². The molecule has 0 spiro atoms. The molecule has 2 unspecified atom stereocenters. The van der Waals surface area contributed by atoms with Gasteiger partial charge in [0.1, 0.15) is 17.7 Å². The zero-order chi connectivity index (χ0) is 18.0. The fraction of sp³-hybridized carbons (Fsp3) is 0.353. The van der Waals surface area contributed by atoms with Gasteiger partial charge in [-0.15, -0.1) is 0 Å². The molecule has 1 aliphatic rings. The molecule has 8 heteroatoms. The molecule has 1 amide bonds. The van der Waals surface area contributed by atoms with E-state index in [1.165, 1.54) is 11.2 Å². The number of likely N-dealkylation sites (tertiary alicyclic amines) is 1. The van der Waals surface area contributed by atoms with Gasteiger partial charge in [0.25, 0.3) is 11.6 Å². The SMILES string of the molecule is O=C(c1ccc([N+](=O)[O-])cc1F)N1CCCC1CC(O)c1ccco1. The Morgan fingerprint density at radius 1 is 1.48 bits per heavy atom. The number of aliphatic hydroxyl groups excluding tert-OH is 1. The average Bonchev–Trinajstić information content (AvgIpc) is 3.25. The average molecular weight is 348 g/mol. The van der Waals surface area contributed by atoms with Gasteiger partial charge in [0.05, 0.1) is 22.8 Å². The van der Waals surface area contributed by atoms with E-state index in [2.05, 4.69) is 0 Å². The number of carbonyl (C=O) groups is 1. The first kappa shape index (κ1) is 17.1. The summed E-state index contributed by atoms with van der Waals surface area (Å²) in [6, 6.07) is 6.06. The minimum atomic E-state index is -0.920. The monoisotopic (exact) mass is 348 g/mol. The molecule has 2 atom stereocenters. The zero-order valence-corrected chi connectivity index (χ0v) is 13.3. The van der Waals surface area contributed by atoms with Crippen LogP contribution in [-0.2, 0) is 0 Å². The summed E-state index contributed by atoms with van der Waals surface area (Å²) in [4.78, 5) is 24.1. The maximum Gasteiger partial charge on any atom is 0.272 e. The van der Waals surface area contributed by atoms with Crippen molar-refractivity contribution in [1.82, 2.24) is 4.90 Å². The highest BCUT2D eigenvalue weighted by molar-refractivity contribution is 5.95. The number of aliphatic hydroxyl groups is 1. The first-order valence-electron chi connectivity index (χ1n) is 7.93. The van der Waals surface area contributed by atoms with Crippen LogP contribution in [-0.4, -0.2) is 33.4 Å². The smallest absolute Gasteiger partial charge is 0.272 e. The van der Waals surface area contributed by atoms with E-state index in [9.17, 15) is 24.4 Å². The Morgan fingerprint density at radius 2 is 2.28 bits per heavy atom. The quantitative estimate of drug-likeness (QED) is 0.662. The van der Waals surface area contributed by atoms with Crippen LogP contribution in [0.5, 0.6) is 0 Å². The predicted molar refractivity (Wildman–Crippen MR) is 85.4 cm³/mol. The van der Waals surface area contributed by atoms with Crippen LogP contribution in [0.15, 0.2) is 41.0 Å². The number of furan rings is 1. The molecule has 3 rings (SSSR count). The molecule has 1 aromatic carbocycles. The molecule has 7 nitrogen and oxygen atoms in total. The van der Waals surface area contributed by atoms with Crippen molar-refractivity contribution in [1.29, 1.82) is 0 Å². The van der Waals surface area contributed by atoms with Crippen LogP contribution >= 0.6 is 0 Å². The number of non-ortho nitro benzene ring substituents is 1. The summed E-state index contributed by atoms with van der Waals surface area (Å²) in [6.07, 6.45) is 2.33. The lowest BCUT2D eigenvalue weighted by molar-refractivity contribution is -0.385. The Labute approximate surface area is 142 Å². The number of nitro benzene ring substituents is 1. The molecule has 0 radical (unpaired) electrons. The standard InChI is InChI=1S/C17H17FN2O5/c18-14-9-12(20(23)24)5-6-13(14)17(22)19-7-1-3-11(19)10-15(21)16-4-2-8-25-16/h2,4-6,8-9,11,15,21H,1,3,7,10H2. The summed E-state index contributed by atoms with van der Waals surface area (Å²) in [6.45, 7) is 0.449. The van der Waals surface area contributed by atoms with Crippen LogP contribution in [0.1, 0.15) is 41.5 Å². The van der Waals surface area contributed by atoms with Crippen molar-refractivity contribution in [2.75, 3.05) is 6.54 Å². The third kappa shape index (κ3) is 3.53. The minimum absolute atomic E-state index is 0.204. The molecular weight excluding hydrogens is 331 g/mol. The molecule has 1 aliphatic heterocycles. The van der Waals surface area contributed by atoms with E-state index in [0.717, 1.165) is 24.6 Å². The lowest BCUT2D eigenvalue weighted by Crippen LogP contribution is -2.37. The lowest BCUT2D eigenvalue weighted by atomic mass is 10.0. The number of carbonyl (C=O) groups excluding carboxylic acids is 1. The summed E-state index contributed by atoms with van der Waals surface area (Å²) in [5.74, 6) is -1.03. The highest BCUT2D eigenvalue weighted by Gasteiger charge is 2.33. The summed E-state index contributed by atoms with van der Waals surface area (Å²) in [5, 5.41) is 20.9. The van der Waals surface area contributed by atoms with Crippen LogP contribution in [0.4, 0.5) is 10.1 Å². The molecule has 0 aliphatic carbocycles. The van der Waals surface area contributed by atoms with Crippen LogP contribution < -0.4 is 0 Å². The first-order valence-corrected chi connectivity index (χ1v) is 7.93. The number of amides is 1. The second-order valence-corrected chi connectivity index (χ2v) is 5.98. The summed E-state index contributed by atoms with van der Waals surface area (Å²) >= 11 is 0. The molecule has 2 heterocycles. The topological polar surface area (TPSA) is 96.8 Å². The molecule has 1 saturated heterocycles. The van der Waals surface area contributed by atoms with E-state index in [4.69, 9.17) is 4.42 Å². The van der Waals surface area contributed by atoms with Crippen LogP contribution in [0.2, 0.25) is 0 Å². The number of hydrogen-bond donors (Lipinski definition) is 1. The third-order valence-corrected chi connectivity index (χ3v) is 4.40. The van der Waals surface area contributed by atoms with Gasteiger partial charge >= 0.3 is 0 Å². The summed E-state index contributed by atoms with van der Waals surface area (Å²) in [7, 11) is 0. The van der Waals surface area contributed by atoms with E-state index < -0.39 is 28.4 Å². The Kier molecular flexibility index (Phi) is 4.80. The molecule has 25 heavy (non-hydrogen) atoms. The molecule has 0 bridgehead atoms. The Balaban J connectivity index is 1.75. The van der Waals surface area contributed by atoms with Crippen LogP contribution in [0.25, 0.3) is 0 Å². The second kappa shape index (κ2) is 7.02. The fourth-order valence-corrected chi connectivity index (χ4v) is 3.15. The number of benzene rings is 1. The van der Waals surface area contributed by atoms with Crippen LogP contribution in [0.3, 0.4) is 0 Å². The Hall–Kier alpha value is -2.74. The molecule has 1 aromatic heterocycles. The van der Waals surface area contributed by atoms with E-state index in [1.807, 2.05) is 0 Å². The largest absolute Gasteiger partial charge is 0.467 e. The summed E-state index contributed by atoms with van der Waals surface area (Å²) < 4.78 is 19.3. The van der Waals surface area contributed by atoms with Gasteiger partial charge in [-0.1, -0.05) is 0 Å². The van der Waals surface area contributed by atoms with Gasteiger partial charge in [0.15, 0.2) is 0 Å². The van der Waals surface area contributed by atoms with Crippen molar-refractivity contribution < 1.29 is 23.6 Å². The van der Waals surface area contributed by atoms with Gasteiger partial charge in [0, 0.05) is 25.1 Å². The van der Waals surface area contributed by atoms with Gasteiger partial charge in [-0.3, -0.25) is 14.9 Å².